The minimum atomic E-state index is -3.73. The van der Waals surface area contributed by atoms with Crippen molar-refractivity contribution in [2.24, 2.45) is 0 Å². The van der Waals surface area contributed by atoms with Crippen LogP contribution in [0.4, 0.5) is 9.93 Å². The second kappa shape index (κ2) is 11.7. The Morgan fingerprint density at radius 1 is 0.949 bits per heavy atom. The van der Waals surface area contributed by atoms with Crippen molar-refractivity contribution in [3.8, 4) is 0 Å². The Kier molecular flexibility index (Phi) is 8.31. The zero-order chi connectivity index (χ0) is 27.6. The van der Waals surface area contributed by atoms with E-state index in [1.54, 1.807) is 47.1 Å². The standard InChI is InChI=1S/C26H31N5O5S3/c1-3-36-26(33)30-15-17-31(18-16-30)39(34,35)20-9-7-19(8-10-20)24(32)28-11-13-29(14-12-28)25-27-23-21(37-2)5-4-6-22(23)38-25/h4-10H,3,11-18H2,1-2H3. The molecule has 2 amide bonds. The molecule has 208 valence electrons. The third-order valence-electron chi connectivity index (χ3n) is 6.93. The van der Waals surface area contributed by atoms with Gasteiger partial charge in [0.1, 0.15) is 0 Å². The van der Waals surface area contributed by atoms with Crippen LogP contribution >= 0.6 is 23.1 Å². The minimum absolute atomic E-state index is 0.115. The molecular formula is C26H31N5O5S3. The zero-order valence-corrected chi connectivity index (χ0v) is 24.4. The molecule has 2 saturated heterocycles. The van der Waals surface area contributed by atoms with Gasteiger partial charge in [-0.2, -0.15) is 4.31 Å². The second-order valence-electron chi connectivity index (χ2n) is 9.20. The van der Waals surface area contributed by atoms with E-state index in [-0.39, 0.29) is 43.6 Å². The van der Waals surface area contributed by atoms with Crippen molar-refractivity contribution >= 4 is 60.5 Å². The molecule has 3 heterocycles. The Bertz CT molecular complexity index is 1440. The lowest BCUT2D eigenvalue weighted by Crippen LogP contribution is -2.50. The number of fused-ring (bicyclic) bond motifs is 1. The van der Waals surface area contributed by atoms with Crippen molar-refractivity contribution in [3.63, 3.8) is 0 Å². The number of ether oxygens (including phenoxy) is 1. The summed E-state index contributed by atoms with van der Waals surface area (Å²) in [4.78, 5) is 36.7. The molecule has 2 aliphatic heterocycles. The predicted molar refractivity (Wildman–Crippen MR) is 153 cm³/mol. The van der Waals surface area contributed by atoms with Crippen LogP contribution in [0.2, 0.25) is 0 Å². The molecule has 0 spiro atoms. The molecule has 3 aromatic rings. The number of piperazine rings is 2. The topological polar surface area (TPSA) is 103 Å². The summed E-state index contributed by atoms with van der Waals surface area (Å²) in [7, 11) is -3.73. The van der Waals surface area contributed by atoms with Crippen LogP contribution in [0.3, 0.4) is 0 Å². The van der Waals surface area contributed by atoms with Crippen molar-refractivity contribution in [2.75, 3.05) is 70.1 Å². The molecule has 13 heteroatoms. The Hall–Kier alpha value is -2.87. The maximum atomic E-state index is 13.2. The molecule has 0 aliphatic carbocycles. The summed E-state index contributed by atoms with van der Waals surface area (Å²) in [6, 6.07) is 12.3. The number of rotatable bonds is 6. The highest BCUT2D eigenvalue weighted by molar-refractivity contribution is 7.98. The van der Waals surface area contributed by atoms with Crippen LogP contribution in [0.15, 0.2) is 52.3 Å². The normalized spacial score (nSPS) is 17.0. The van der Waals surface area contributed by atoms with Crippen LogP contribution in [-0.2, 0) is 14.8 Å². The summed E-state index contributed by atoms with van der Waals surface area (Å²) in [5, 5.41) is 0.969. The van der Waals surface area contributed by atoms with E-state index in [0.29, 0.717) is 31.7 Å². The molecule has 5 rings (SSSR count). The van der Waals surface area contributed by atoms with E-state index >= 15 is 0 Å². The van der Waals surface area contributed by atoms with Gasteiger partial charge in [0.2, 0.25) is 10.0 Å². The van der Waals surface area contributed by atoms with Gasteiger partial charge in [-0.15, -0.1) is 11.8 Å². The summed E-state index contributed by atoms with van der Waals surface area (Å²) in [5.41, 5.74) is 1.48. The van der Waals surface area contributed by atoms with E-state index < -0.39 is 16.1 Å². The molecule has 1 aromatic heterocycles. The van der Waals surface area contributed by atoms with Crippen LogP contribution in [0.25, 0.3) is 10.2 Å². The highest BCUT2D eigenvalue weighted by Gasteiger charge is 2.31. The molecule has 0 radical (unpaired) electrons. The number of nitrogens with zero attached hydrogens (tertiary/aromatic N) is 5. The first-order chi connectivity index (χ1) is 18.8. The largest absolute Gasteiger partial charge is 0.450 e. The maximum Gasteiger partial charge on any atom is 0.409 e. The molecule has 10 nitrogen and oxygen atoms in total. The number of amides is 2. The molecule has 0 bridgehead atoms. The predicted octanol–water partition coefficient (Wildman–Crippen LogP) is 3.44. The summed E-state index contributed by atoms with van der Waals surface area (Å²) in [6.45, 7) is 5.45. The van der Waals surface area contributed by atoms with Gasteiger partial charge in [-0.25, -0.2) is 18.2 Å². The molecular weight excluding hydrogens is 559 g/mol. The van der Waals surface area contributed by atoms with E-state index in [1.165, 1.54) is 21.3 Å². The molecule has 2 aromatic carbocycles. The Balaban J connectivity index is 1.18. The fourth-order valence-electron chi connectivity index (χ4n) is 4.74. The number of carbonyl (C=O) groups excluding carboxylic acids is 2. The van der Waals surface area contributed by atoms with Gasteiger partial charge in [-0.3, -0.25) is 4.79 Å². The third-order valence-corrected chi connectivity index (χ3v) is 10.7. The van der Waals surface area contributed by atoms with Crippen molar-refractivity contribution in [1.29, 1.82) is 0 Å². The number of carbonyl (C=O) groups is 2. The molecule has 0 atom stereocenters. The summed E-state index contributed by atoms with van der Waals surface area (Å²) >= 11 is 3.36. The average Bonchev–Trinajstić information content (AvgIpc) is 3.42. The SMILES string of the molecule is CCOC(=O)N1CCN(S(=O)(=O)c2ccc(C(=O)N3CCN(c4nc5c(SC)cccc5s4)CC3)cc2)CC1. The molecule has 39 heavy (non-hydrogen) atoms. The van der Waals surface area contributed by atoms with E-state index in [9.17, 15) is 18.0 Å². The number of anilines is 1. The van der Waals surface area contributed by atoms with Crippen molar-refractivity contribution < 1.29 is 22.7 Å². The number of sulfonamides is 1. The van der Waals surface area contributed by atoms with Gasteiger partial charge < -0.3 is 19.4 Å². The van der Waals surface area contributed by atoms with Gasteiger partial charge in [-0.1, -0.05) is 17.4 Å². The highest BCUT2D eigenvalue weighted by atomic mass is 32.2. The van der Waals surface area contributed by atoms with Crippen LogP contribution in [0.5, 0.6) is 0 Å². The lowest BCUT2D eigenvalue weighted by atomic mass is 10.2. The molecule has 0 saturated carbocycles. The fourth-order valence-corrected chi connectivity index (χ4v) is 7.83. The quantitative estimate of drug-likeness (QED) is 0.403. The van der Waals surface area contributed by atoms with Crippen molar-refractivity contribution in [2.45, 2.75) is 16.7 Å². The maximum absolute atomic E-state index is 13.2. The fraction of sp³-hybridized carbons (Fsp3) is 0.423. The minimum Gasteiger partial charge on any atom is -0.450 e. The van der Waals surface area contributed by atoms with Crippen LogP contribution in [0, 0.1) is 0 Å². The van der Waals surface area contributed by atoms with Gasteiger partial charge >= 0.3 is 6.09 Å². The lowest BCUT2D eigenvalue weighted by Gasteiger charge is -2.34. The second-order valence-corrected chi connectivity index (χ2v) is 13.0. The summed E-state index contributed by atoms with van der Waals surface area (Å²) in [6.07, 6.45) is 1.62. The summed E-state index contributed by atoms with van der Waals surface area (Å²) in [5.74, 6) is -0.115. The first-order valence-corrected chi connectivity index (χ1v) is 16.3. The number of thioether (sulfide) groups is 1. The van der Waals surface area contributed by atoms with E-state index in [1.807, 2.05) is 0 Å². The number of hydrogen-bond acceptors (Lipinski definition) is 9. The monoisotopic (exact) mass is 589 g/mol. The molecule has 0 unspecified atom stereocenters. The average molecular weight is 590 g/mol. The van der Waals surface area contributed by atoms with E-state index in [4.69, 9.17) is 9.72 Å². The molecule has 2 aliphatic rings. The highest BCUT2D eigenvalue weighted by Crippen LogP contribution is 2.34. The van der Waals surface area contributed by atoms with Crippen LogP contribution in [0.1, 0.15) is 17.3 Å². The Morgan fingerprint density at radius 2 is 1.62 bits per heavy atom. The first-order valence-electron chi connectivity index (χ1n) is 12.8. The third kappa shape index (κ3) is 5.72. The number of thiazole rings is 1. The van der Waals surface area contributed by atoms with E-state index in [2.05, 4.69) is 29.4 Å². The number of benzene rings is 2. The molecule has 0 N–H and O–H groups in total. The lowest BCUT2D eigenvalue weighted by molar-refractivity contribution is 0.0746. The Morgan fingerprint density at radius 3 is 2.26 bits per heavy atom. The number of para-hydroxylation sites is 1. The Labute approximate surface area is 236 Å². The van der Waals surface area contributed by atoms with Gasteiger partial charge in [0, 0.05) is 62.8 Å². The van der Waals surface area contributed by atoms with Crippen LogP contribution < -0.4 is 4.90 Å². The molecule has 2 fully saturated rings. The van der Waals surface area contributed by atoms with Crippen molar-refractivity contribution in [3.05, 3.63) is 48.0 Å². The van der Waals surface area contributed by atoms with Gasteiger partial charge in [0.05, 0.1) is 21.7 Å². The van der Waals surface area contributed by atoms with Crippen molar-refractivity contribution in [1.82, 2.24) is 19.1 Å². The first kappa shape index (κ1) is 27.7. The van der Waals surface area contributed by atoms with Gasteiger partial charge in [0.15, 0.2) is 5.13 Å². The summed E-state index contributed by atoms with van der Waals surface area (Å²) < 4.78 is 33.8. The number of aromatic nitrogens is 1. The van der Waals surface area contributed by atoms with E-state index in [0.717, 1.165) is 20.2 Å². The number of hydrogen-bond donors (Lipinski definition) is 0. The van der Waals surface area contributed by atoms with Crippen LogP contribution in [-0.4, -0.2) is 105 Å². The zero-order valence-electron chi connectivity index (χ0n) is 21.9. The van der Waals surface area contributed by atoms with Gasteiger partial charge in [0.25, 0.3) is 5.91 Å². The smallest absolute Gasteiger partial charge is 0.409 e. The van der Waals surface area contributed by atoms with Gasteiger partial charge in [-0.05, 0) is 49.6 Å².